The second-order valence-electron chi connectivity index (χ2n) is 4.79. The maximum atomic E-state index is 9.32. The quantitative estimate of drug-likeness (QED) is 0.550. The van der Waals surface area contributed by atoms with Gasteiger partial charge >= 0.3 is 0 Å². The van der Waals surface area contributed by atoms with Crippen LogP contribution in [-0.4, -0.2) is 17.3 Å². The lowest BCUT2D eigenvalue weighted by Gasteiger charge is -2.27. The van der Waals surface area contributed by atoms with Gasteiger partial charge < -0.3 is 10.8 Å². The fraction of sp³-hybridized carbons (Fsp3) is 1.00. The summed E-state index contributed by atoms with van der Waals surface area (Å²) in [4.78, 5) is 0. The number of rotatable bonds is 10. The molecule has 0 rings (SSSR count). The van der Waals surface area contributed by atoms with Crippen molar-refractivity contribution < 1.29 is 5.11 Å². The Morgan fingerprint density at radius 1 is 0.867 bits per heavy atom. The van der Waals surface area contributed by atoms with Crippen molar-refractivity contribution in [1.29, 1.82) is 0 Å². The molecule has 0 aliphatic heterocycles. The monoisotopic (exact) mass is 215 g/mol. The van der Waals surface area contributed by atoms with Crippen LogP contribution < -0.4 is 5.73 Å². The number of aliphatic hydroxyl groups excluding tert-OH is 1. The van der Waals surface area contributed by atoms with Crippen molar-refractivity contribution in [3.8, 4) is 0 Å². The molecule has 0 bridgehead atoms. The van der Waals surface area contributed by atoms with Crippen molar-refractivity contribution in [3.05, 3.63) is 0 Å². The first-order valence-corrected chi connectivity index (χ1v) is 6.58. The van der Waals surface area contributed by atoms with E-state index in [-0.39, 0.29) is 12.1 Å². The Balaban J connectivity index is 3.65. The fourth-order valence-electron chi connectivity index (χ4n) is 1.91. The topological polar surface area (TPSA) is 46.2 Å². The molecule has 1 unspecified atom stereocenters. The standard InChI is InChI=1S/C13H29NO/c1-3-5-7-9-11-13(14,12-15)10-8-6-4-2/h15H,3-12,14H2,1-2H3. The second-order valence-corrected chi connectivity index (χ2v) is 4.79. The van der Waals surface area contributed by atoms with Crippen LogP contribution in [0.25, 0.3) is 0 Å². The maximum Gasteiger partial charge on any atom is 0.0611 e. The maximum absolute atomic E-state index is 9.32. The molecule has 2 heteroatoms. The molecule has 3 N–H and O–H groups in total. The van der Waals surface area contributed by atoms with Gasteiger partial charge in [-0.05, 0) is 12.8 Å². The summed E-state index contributed by atoms with van der Waals surface area (Å²) in [6, 6.07) is 0. The lowest BCUT2D eigenvalue weighted by molar-refractivity contribution is 0.171. The fourth-order valence-corrected chi connectivity index (χ4v) is 1.91. The zero-order chi connectivity index (χ0) is 11.6. The largest absolute Gasteiger partial charge is 0.394 e. The third-order valence-corrected chi connectivity index (χ3v) is 3.12. The van der Waals surface area contributed by atoms with E-state index in [1.54, 1.807) is 0 Å². The average Bonchev–Trinajstić information content (AvgIpc) is 2.25. The molecule has 0 heterocycles. The van der Waals surface area contributed by atoms with Crippen molar-refractivity contribution in [1.82, 2.24) is 0 Å². The van der Waals surface area contributed by atoms with Gasteiger partial charge in [-0.25, -0.2) is 0 Å². The van der Waals surface area contributed by atoms with Crippen LogP contribution in [0.1, 0.15) is 71.6 Å². The molecule has 0 saturated heterocycles. The van der Waals surface area contributed by atoms with Gasteiger partial charge in [0, 0.05) is 5.54 Å². The third kappa shape index (κ3) is 7.80. The number of nitrogens with two attached hydrogens (primary N) is 1. The minimum absolute atomic E-state index is 0.142. The van der Waals surface area contributed by atoms with Crippen molar-refractivity contribution in [2.45, 2.75) is 77.2 Å². The SMILES string of the molecule is CCCCCCC(N)(CO)CCCCC. The molecule has 0 aromatic rings. The van der Waals surface area contributed by atoms with Crippen LogP contribution in [-0.2, 0) is 0 Å². The van der Waals surface area contributed by atoms with Gasteiger partial charge in [0.05, 0.1) is 6.61 Å². The van der Waals surface area contributed by atoms with Gasteiger partial charge in [-0.2, -0.15) is 0 Å². The number of unbranched alkanes of at least 4 members (excludes halogenated alkanes) is 5. The Morgan fingerprint density at radius 3 is 1.80 bits per heavy atom. The van der Waals surface area contributed by atoms with Crippen LogP contribution in [0.2, 0.25) is 0 Å². The molecule has 0 aromatic heterocycles. The van der Waals surface area contributed by atoms with Gasteiger partial charge in [0.2, 0.25) is 0 Å². The molecule has 0 fully saturated rings. The third-order valence-electron chi connectivity index (χ3n) is 3.12. The van der Waals surface area contributed by atoms with Gasteiger partial charge in [-0.3, -0.25) is 0 Å². The number of aliphatic hydroxyl groups is 1. The van der Waals surface area contributed by atoms with E-state index in [0.29, 0.717) is 0 Å². The van der Waals surface area contributed by atoms with Crippen molar-refractivity contribution >= 4 is 0 Å². The predicted molar refractivity (Wildman–Crippen MR) is 66.9 cm³/mol. The normalized spacial score (nSPS) is 15.2. The van der Waals surface area contributed by atoms with Crippen LogP contribution in [0.4, 0.5) is 0 Å². The lowest BCUT2D eigenvalue weighted by Crippen LogP contribution is -2.43. The van der Waals surface area contributed by atoms with E-state index in [9.17, 15) is 5.11 Å². The zero-order valence-corrected chi connectivity index (χ0v) is 10.6. The van der Waals surface area contributed by atoms with Crippen LogP contribution in [0.15, 0.2) is 0 Å². The van der Waals surface area contributed by atoms with Gasteiger partial charge in [0.25, 0.3) is 0 Å². The van der Waals surface area contributed by atoms with Gasteiger partial charge in [-0.15, -0.1) is 0 Å². The van der Waals surface area contributed by atoms with E-state index in [1.165, 1.54) is 32.1 Å². The Labute approximate surface area is 95.3 Å². The summed E-state index contributed by atoms with van der Waals surface area (Å²) < 4.78 is 0. The molecule has 0 amide bonds. The minimum Gasteiger partial charge on any atom is -0.394 e. The van der Waals surface area contributed by atoms with Crippen molar-refractivity contribution in [2.75, 3.05) is 6.61 Å². The second kappa shape index (κ2) is 9.17. The Hall–Kier alpha value is -0.0800. The van der Waals surface area contributed by atoms with Crippen LogP contribution >= 0.6 is 0 Å². The first-order valence-electron chi connectivity index (χ1n) is 6.58. The van der Waals surface area contributed by atoms with Crippen LogP contribution in [0.3, 0.4) is 0 Å². The van der Waals surface area contributed by atoms with E-state index in [2.05, 4.69) is 13.8 Å². The summed E-state index contributed by atoms with van der Waals surface area (Å²) in [5, 5.41) is 9.32. The molecular formula is C13H29NO. The summed E-state index contributed by atoms with van der Waals surface area (Å²) in [6.45, 7) is 4.55. The highest BCUT2D eigenvalue weighted by atomic mass is 16.3. The highest BCUT2D eigenvalue weighted by Gasteiger charge is 2.22. The first-order chi connectivity index (χ1) is 7.18. The van der Waals surface area contributed by atoms with E-state index in [1.807, 2.05) is 0 Å². The number of hydrogen-bond donors (Lipinski definition) is 2. The molecule has 0 aliphatic carbocycles. The molecule has 0 aliphatic rings. The van der Waals surface area contributed by atoms with Gasteiger partial charge in [0.1, 0.15) is 0 Å². The first kappa shape index (κ1) is 14.9. The number of hydrogen-bond acceptors (Lipinski definition) is 2. The minimum atomic E-state index is -0.303. The van der Waals surface area contributed by atoms with E-state index >= 15 is 0 Å². The zero-order valence-electron chi connectivity index (χ0n) is 10.6. The lowest BCUT2D eigenvalue weighted by atomic mass is 9.88. The Bertz CT molecular complexity index is 138. The van der Waals surface area contributed by atoms with Gasteiger partial charge in [0.15, 0.2) is 0 Å². The summed E-state index contributed by atoms with van der Waals surface area (Å²) in [5.41, 5.74) is 5.87. The van der Waals surface area contributed by atoms with Crippen LogP contribution in [0.5, 0.6) is 0 Å². The van der Waals surface area contributed by atoms with E-state index in [4.69, 9.17) is 5.73 Å². The molecule has 0 aromatic carbocycles. The molecule has 1 atom stereocenters. The molecule has 15 heavy (non-hydrogen) atoms. The van der Waals surface area contributed by atoms with Crippen LogP contribution in [0, 0.1) is 0 Å². The molecule has 92 valence electrons. The summed E-state index contributed by atoms with van der Waals surface area (Å²) in [7, 11) is 0. The summed E-state index contributed by atoms with van der Waals surface area (Å²) in [5.74, 6) is 0. The summed E-state index contributed by atoms with van der Waals surface area (Å²) in [6.07, 6.45) is 10.5. The Morgan fingerprint density at radius 2 is 1.33 bits per heavy atom. The smallest absolute Gasteiger partial charge is 0.0611 e. The molecule has 2 nitrogen and oxygen atoms in total. The van der Waals surface area contributed by atoms with Gasteiger partial charge in [-0.1, -0.05) is 58.8 Å². The molecule has 0 spiro atoms. The van der Waals surface area contributed by atoms with Crippen molar-refractivity contribution in [3.63, 3.8) is 0 Å². The highest BCUT2D eigenvalue weighted by molar-refractivity contribution is 4.82. The Kier molecular flexibility index (Phi) is 9.12. The van der Waals surface area contributed by atoms with E-state index in [0.717, 1.165) is 25.7 Å². The van der Waals surface area contributed by atoms with Crippen molar-refractivity contribution in [2.24, 2.45) is 5.73 Å². The highest BCUT2D eigenvalue weighted by Crippen LogP contribution is 2.19. The van der Waals surface area contributed by atoms with E-state index < -0.39 is 0 Å². The molecule has 0 radical (unpaired) electrons. The summed E-state index contributed by atoms with van der Waals surface area (Å²) >= 11 is 0. The molecule has 0 saturated carbocycles. The average molecular weight is 215 g/mol. The molecular weight excluding hydrogens is 186 g/mol. The predicted octanol–water partition coefficient (Wildman–Crippen LogP) is 3.23.